The molecule has 0 aliphatic rings. The molecule has 4 aromatic rings. The van der Waals surface area contributed by atoms with Crippen LogP contribution >= 0.6 is 0 Å². The number of aryl methyl sites for hydroxylation is 1. The highest BCUT2D eigenvalue weighted by Crippen LogP contribution is 2.29. The molecule has 0 saturated heterocycles. The third-order valence-corrected chi connectivity index (χ3v) is 4.98. The van der Waals surface area contributed by atoms with Crippen molar-refractivity contribution in [1.29, 1.82) is 0 Å². The van der Waals surface area contributed by atoms with Crippen LogP contribution in [0.1, 0.15) is 12.5 Å². The van der Waals surface area contributed by atoms with Crippen molar-refractivity contribution in [3.05, 3.63) is 72.6 Å². The number of methoxy groups -OCH3 is 1. The van der Waals surface area contributed by atoms with Crippen molar-refractivity contribution in [3.63, 3.8) is 0 Å². The second-order valence-electron chi connectivity index (χ2n) is 7.07. The molecule has 0 saturated carbocycles. The molecular formula is C24H24N4O3. The Kier molecular flexibility index (Phi) is 5.75. The van der Waals surface area contributed by atoms with Gasteiger partial charge < -0.3 is 24.9 Å². The molecule has 3 N–H and O–H groups in total. The Morgan fingerprint density at radius 2 is 1.94 bits per heavy atom. The number of anilines is 2. The summed E-state index contributed by atoms with van der Waals surface area (Å²) in [5.41, 5.74) is 10.7. The van der Waals surface area contributed by atoms with Crippen LogP contribution in [0.4, 0.5) is 11.4 Å². The molecule has 0 fully saturated rings. The Bertz CT molecular complexity index is 1220. The van der Waals surface area contributed by atoms with Gasteiger partial charge in [0.25, 0.3) is 5.91 Å². The van der Waals surface area contributed by atoms with E-state index in [0.717, 1.165) is 23.4 Å². The highest BCUT2D eigenvalue weighted by atomic mass is 16.5. The van der Waals surface area contributed by atoms with Gasteiger partial charge in [0.05, 0.1) is 18.5 Å². The number of carbonyl (C=O) groups excluding carboxylic acids is 1. The Morgan fingerprint density at radius 3 is 2.65 bits per heavy atom. The molecule has 7 nitrogen and oxygen atoms in total. The van der Waals surface area contributed by atoms with Crippen LogP contribution in [0.2, 0.25) is 0 Å². The summed E-state index contributed by atoms with van der Waals surface area (Å²) in [6.45, 7) is 1.97. The lowest BCUT2D eigenvalue weighted by Gasteiger charge is -2.08. The molecular weight excluding hydrogens is 392 g/mol. The molecule has 7 heteroatoms. The van der Waals surface area contributed by atoms with Crippen LogP contribution < -0.4 is 20.5 Å². The summed E-state index contributed by atoms with van der Waals surface area (Å²) >= 11 is 0. The van der Waals surface area contributed by atoms with Crippen molar-refractivity contribution < 1.29 is 14.3 Å². The highest BCUT2D eigenvalue weighted by Gasteiger charge is 2.12. The first-order chi connectivity index (χ1) is 15.1. The number of pyridine rings is 1. The van der Waals surface area contributed by atoms with Crippen LogP contribution in [0.3, 0.4) is 0 Å². The van der Waals surface area contributed by atoms with Crippen molar-refractivity contribution in [2.45, 2.75) is 13.3 Å². The maximum absolute atomic E-state index is 12.3. The van der Waals surface area contributed by atoms with Crippen molar-refractivity contribution in [2.24, 2.45) is 0 Å². The lowest BCUT2D eigenvalue weighted by Crippen LogP contribution is -2.20. The number of fused-ring (bicyclic) bond motifs is 1. The zero-order chi connectivity index (χ0) is 21.8. The van der Waals surface area contributed by atoms with Gasteiger partial charge in [0, 0.05) is 23.6 Å². The molecule has 0 aliphatic carbocycles. The van der Waals surface area contributed by atoms with Gasteiger partial charge in [-0.2, -0.15) is 0 Å². The average molecular weight is 416 g/mol. The molecule has 158 valence electrons. The molecule has 2 aromatic heterocycles. The minimum atomic E-state index is -0.235. The van der Waals surface area contributed by atoms with E-state index in [9.17, 15) is 4.79 Å². The number of nitrogens with two attached hydrogens (primary N) is 1. The van der Waals surface area contributed by atoms with Gasteiger partial charge in [0.1, 0.15) is 5.75 Å². The number of aromatic nitrogens is 2. The number of nitrogens with zero attached hydrogens (tertiary/aromatic N) is 2. The van der Waals surface area contributed by atoms with Crippen LogP contribution in [0.5, 0.6) is 11.5 Å². The van der Waals surface area contributed by atoms with Crippen molar-refractivity contribution >= 4 is 22.9 Å². The molecule has 2 heterocycles. The van der Waals surface area contributed by atoms with E-state index in [-0.39, 0.29) is 12.5 Å². The minimum Gasteiger partial charge on any atom is -0.495 e. The highest BCUT2D eigenvalue weighted by molar-refractivity contribution is 5.92. The molecule has 0 spiro atoms. The summed E-state index contributed by atoms with van der Waals surface area (Å²) in [5, 5.41) is 2.84. The van der Waals surface area contributed by atoms with Crippen LogP contribution in [0.25, 0.3) is 16.9 Å². The quantitative estimate of drug-likeness (QED) is 0.441. The van der Waals surface area contributed by atoms with Gasteiger partial charge in [0.15, 0.2) is 18.0 Å². The van der Waals surface area contributed by atoms with Crippen molar-refractivity contribution in [2.75, 3.05) is 24.8 Å². The smallest absolute Gasteiger partial charge is 0.262 e. The predicted molar refractivity (Wildman–Crippen MR) is 122 cm³/mol. The summed E-state index contributed by atoms with van der Waals surface area (Å²) in [6, 6.07) is 16.9. The summed E-state index contributed by atoms with van der Waals surface area (Å²) in [6.07, 6.45) is 4.72. The topological polar surface area (TPSA) is 90.9 Å². The molecule has 0 unspecified atom stereocenters. The Balaban J connectivity index is 1.49. The zero-order valence-electron chi connectivity index (χ0n) is 17.5. The number of rotatable bonds is 7. The van der Waals surface area contributed by atoms with Crippen molar-refractivity contribution in [3.8, 4) is 22.8 Å². The second-order valence-corrected chi connectivity index (χ2v) is 7.07. The fourth-order valence-corrected chi connectivity index (χ4v) is 3.30. The normalized spacial score (nSPS) is 10.8. The number of benzene rings is 2. The van der Waals surface area contributed by atoms with E-state index in [1.807, 2.05) is 65.3 Å². The maximum Gasteiger partial charge on any atom is 0.262 e. The summed E-state index contributed by atoms with van der Waals surface area (Å²) in [7, 11) is 1.58. The molecule has 31 heavy (non-hydrogen) atoms. The molecule has 4 rings (SSSR count). The first kappa shape index (κ1) is 20.3. The van der Waals surface area contributed by atoms with E-state index in [4.69, 9.17) is 15.2 Å². The van der Waals surface area contributed by atoms with Gasteiger partial charge in [0.2, 0.25) is 0 Å². The molecule has 0 aliphatic heterocycles. The lowest BCUT2D eigenvalue weighted by atomic mass is 10.1. The number of nitrogen functional groups attached to an aromatic ring is 1. The number of nitrogens with one attached hydrogen (secondary N) is 1. The van der Waals surface area contributed by atoms with Gasteiger partial charge in [-0.15, -0.1) is 0 Å². The molecule has 2 aromatic carbocycles. The Labute approximate surface area is 180 Å². The Hall–Kier alpha value is -4.00. The van der Waals surface area contributed by atoms with E-state index in [1.54, 1.807) is 13.2 Å². The number of hydrogen-bond donors (Lipinski definition) is 2. The maximum atomic E-state index is 12.3. The monoisotopic (exact) mass is 416 g/mol. The fraction of sp³-hybridized carbons (Fsp3) is 0.167. The number of amides is 1. The standard InChI is InChI=1S/C24H24N4O3/c1-3-16-6-9-18(10-7-16)26-23(29)15-31-22-5-4-12-28-14-20(27-24(22)28)17-8-11-21(30-2)19(25)13-17/h4-14H,3,15,25H2,1-2H3,(H,26,29). The largest absolute Gasteiger partial charge is 0.495 e. The average Bonchev–Trinajstić information content (AvgIpc) is 3.23. The first-order valence-electron chi connectivity index (χ1n) is 10.0. The summed E-state index contributed by atoms with van der Waals surface area (Å²) < 4.78 is 12.8. The Morgan fingerprint density at radius 1 is 1.13 bits per heavy atom. The zero-order valence-corrected chi connectivity index (χ0v) is 17.5. The third kappa shape index (κ3) is 4.45. The van der Waals surface area contributed by atoms with E-state index in [0.29, 0.717) is 22.8 Å². The first-order valence-corrected chi connectivity index (χ1v) is 10.0. The van der Waals surface area contributed by atoms with Crippen LogP contribution in [-0.2, 0) is 11.2 Å². The number of imidazole rings is 1. The van der Waals surface area contributed by atoms with E-state index in [2.05, 4.69) is 17.2 Å². The number of ether oxygens (including phenoxy) is 2. The van der Waals surface area contributed by atoms with Gasteiger partial charge in [-0.25, -0.2) is 4.98 Å². The van der Waals surface area contributed by atoms with E-state index >= 15 is 0 Å². The van der Waals surface area contributed by atoms with Crippen LogP contribution in [-0.4, -0.2) is 29.0 Å². The van der Waals surface area contributed by atoms with Crippen LogP contribution in [0.15, 0.2) is 67.0 Å². The van der Waals surface area contributed by atoms with Gasteiger partial charge in [-0.3, -0.25) is 4.79 Å². The number of carbonyl (C=O) groups is 1. The summed E-state index contributed by atoms with van der Waals surface area (Å²) in [4.78, 5) is 17.0. The van der Waals surface area contributed by atoms with Gasteiger partial charge >= 0.3 is 0 Å². The van der Waals surface area contributed by atoms with Gasteiger partial charge in [-0.1, -0.05) is 19.1 Å². The van der Waals surface area contributed by atoms with Gasteiger partial charge in [-0.05, 0) is 54.4 Å². The minimum absolute atomic E-state index is 0.118. The second kappa shape index (κ2) is 8.79. The number of hydrogen-bond acceptors (Lipinski definition) is 5. The molecule has 0 radical (unpaired) electrons. The predicted octanol–water partition coefficient (Wildman–Crippen LogP) is 4.17. The summed E-state index contributed by atoms with van der Waals surface area (Å²) in [5.74, 6) is 0.902. The molecule has 0 atom stereocenters. The SMILES string of the molecule is CCc1ccc(NC(=O)COc2cccn3cc(-c4ccc(OC)c(N)c4)nc23)cc1. The van der Waals surface area contributed by atoms with E-state index in [1.165, 1.54) is 5.56 Å². The van der Waals surface area contributed by atoms with E-state index < -0.39 is 0 Å². The molecule has 1 amide bonds. The third-order valence-electron chi connectivity index (χ3n) is 4.98. The molecule has 0 bridgehead atoms. The lowest BCUT2D eigenvalue weighted by molar-refractivity contribution is -0.118. The van der Waals surface area contributed by atoms with Crippen LogP contribution in [0, 0.1) is 0 Å². The fourth-order valence-electron chi connectivity index (χ4n) is 3.30. The van der Waals surface area contributed by atoms with Crippen molar-refractivity contribution in [1.82, 2.24) is 9.38 Å².